The van der Waals surface area contributed by atoms with Crippen molar-refractivity contribution in [2.24, 2.45) is 5.41 Å². The highest BCUT2D eigenvalue weighted by atomic mass is 19.4. The molecule has 0 bridgehead atoms. The molecule has 0 unspecified atom stereocenters. The molecule has 1 fully saturated rings. The molecule has 3 rings (SSSR count). The third kappa shape index (κ3) is 3.22. The van der Waals surface area contributed by atoms with Crippen LogP contribution in [0.15, 0.2) is 36.5 Å². The molecule has 0 spiro atoms. The van der Waals surface area contributed by atoms with E-state index in [1.807, 2.05) is 0 Å². The highest BCUT2D eigenvalue weighted by Gasteiger charge is 2.41. The van der Waals surface area contributed by atoms with Gasteiger partial charge in [0.25, 0.3) is 0 Å². The lowest BCUT2D eigenvalue weighted by Gasteiger charge is -2.19. The number of carbonyl (C=O) groups excluding carboxylic acids is 1. The highest BCUT2D eigenvalue weighted by Crippen LogP contribution is 2.38. The number of anilines is 1. The Morgan fingerprint density at radius 2 is 1.84 bits per heavy atom. The van der Waals surface area contributed by atoms with E-state index in [1.54, 1.807) is 0 Å². The maximum Gasteiger partial charge on any atom is 0.433 e. The van der Waals surface area contributed by atoms with Crippen LogP contribution < -0.4 is 5.32 Å². The molecule has 1 aliphatic carbocycles. The number of amides is 1. The van der Waals surface area contributed by atoms with Crippen LogP contribution in [0.4, 0.5) is 18.9 Å². The smallest absolute Gasteiger partial charge is 0.325 e. The van der Waals surface area contributed by atoms with E-state index in [-0.39, 0.29) is 11.6 Å². The van der Waals surface area contributed by atoms with E-state index in [4.69, 9.17) is 0 Å². The van der Waals surface area contributed by atoms with E-state index >= 15 is 0 Å². The molecule has 1 heterocycles. The first-order valence-electron chi connectivity index (χ1n) is 7.80. The number of benzene rings is 1. The van der Waals surface area contributed by atoms with Crippen molar-refractivity contribution in [2.75, 3.05) is 5.32 Å². The molecule has 2 aromatic rings. The molecular weight excluding hydrogens is 333 g/mol. The normalized spacial score (nSPS) is 16.4. The Kier molecular flexibility index (Phi) is 4.25. The average molecular weight is 348 g/mol. The molecule has 0 aliphatic heterocycles. The Morgan fingerprint density at radius 3 is 2.40 bits per heavy atom. The van der Waals surface area contributed by atoms with Gasteiger partial charge in [-0.1, -0.05) is 12.8 Å². The van der Waals surface area contributed by atoms with Crippen molar-refractivity contribution < 1.29 is 18.0 Å². The van der Waals surface area contributed by atoms with Gasteiger partial charge in [0.1, 0.15) is 11.1 Å². The van der Waals surface area contributed by atoms with Crippen LogP contribution in [-0.2, 0) is 11.0 Å². The van der Waals surface area contributed by atoms with Crippen molar-refractivity contribution in [3.63, 3.8) is 0 Å². The molecule has 8 heteroatoms. The van der Waals surface area contributed by atoms with Crippen molar-refractivity contribution in [2.45, 2.75) is 31.9 Å². The Bertz CT molecular complexity index is 812. The molecular formula is C17H15F3N4O. The van der Waals surface area contributed by atoms with E-state index in [0.29, 0.717) is 18.5 Å². The number of carbonyl (C=O) groups is 1. The minimum absolute atomic E-state index is 0.228. The highest BCUT2D eigenvalue weighted by molar-refractivity contribution is 5.97. The first-order valence-corrected chi connectivity index (χ1v) is 7.80. The minimum Gasteiger partial charge on any atom is -0.325 e. The number of aromatic nitrogens is 2. The summed E-state index contributed by atoms with van der Waals surface area (Å²) in [5.41, 5.74) is -1.23. The van der Waals surface area contributed by atoms with Crippen LogP contribution in [0.2, 0.25) is 0 Å². The summed E-state index contributed by atoms with van der Waals surface area (Å²) >= 11 is 0. The van der Waals surface area contributed by atoms with Gasteiger partial charge in [0.05, 0.1) is 18.0 Å². The number of nitrogens with one attached hydrogen (secondary N) is 1. The van der Waals surface area contributed by atoms with Gasteiger partial charge >= 0.3 is 6.18 Å². The van der Waals surface area contributed by atoms with Crippen LogP contribution in [0.5, 0.6) is 0 Å². The SMILES string of the molecule is N#CC1(C(=O)Nc2ccc(-n3nccc3C(F)(F)F)cc2)CCCC1. The fourth-order valence-corrected chi connectivity index (χ4v) is 3.03. The second-order valence-corrected chi connectivity index (χ2v) is 6.03. The summed E-state index contributed by atoms with van der Waals surface area (Å²) in [7, 11) is 0. The lowest BCUT2D eigenvalue weighted by atomic mass is 9.87. The molecule has 1 aliphatic rings. The van der Waals surface area contributed by atoms with E-state index in [1.165, 1.54) is 24.3 Å². The van der Waals surface area contributed by atoms with Crippen LogP contribution in [-0.4, -0.2) is 15.7 Å². The summed E-state index contributed by atoms with van der Waals surface area (Å²) < 4.78 is 39.6. The van der Waals surface area contributed by atoms with Gasteiger partial charge in [0.2, 0.25) is 5.91 Å². The maximum atomic E-state index is 12.9. The summed E-state index contributed by atoms with van der Waals surface area (Å²) in [5, 5.41) is 15.7. The molecule has 1 aromatic heterocycles. The van der Waals surface area contributed by atoms with Crippen molar-refractivity contribution >= 4 is 11.6 Å². The number of alkyl halides is 3. The quantitative estimate of drug-likeness (QED) is 0.914. The summed E-state index contributed by atoms with van der Waals surface area (Å²) in [6.07, 6.45) is -0.718. The van der Waals surface area contributed by atoms with E-state index < -0.39 is 17.3 Å². The Hall–Kier alpha value is -2.82. The van der Waals surface area contributed by atoms with Gasteiger partial charge in [-0.15, -0.1) is 0 Å². The van der Waals surface area contributed by atoms with Gasteiger partial charge < -0.3 is 5.32 Å². The van der Waals surface area contributed by atoms with Crippen LogP contribution in [0.3, 0.4) is 0 Å². The molecule has 1 amide bonds. The third-order valence-electron chi connectivity index (χ3n) is 4.41. The zero-order valence-electron chi connectivity index (χ0n) is 13.2. The zero-order valence-corrected chi connectivity index (χ0v) is 13.2. The zero-order chi connectivity index (χ0) is 18.1. The first kappa shape index (κ1) is 17.0. The minimum atomic E-state index is -4.51. The largest absolute Gasteiger partial charge is 0.433 e. The summed E-state index contributed by atoms with van der Waals surface area (Å²) in [4.78, 5) is 12.4. The second kappa shape index (κ2) is 6.24. The summed E-state index contributed by atoms with van der Waals surface area (Å²) in [6, 6.07) is 8.86. The Labute approximate surface area is 142 Å². The molecule has 25 heavy (non-hydrogen) atoms. The molecule has 0 atom stereocenters. The predicted molar refractivity (Wildman–Crippen MR) is 83.7 cm³/mol. The van der Waals surface area contributed by atoms with Gasteiger partial charge in [-0.25, -0.2) is 4.68 Å². The standard InChI is InChI=1S/C17H15F3N4O/c18-17(19,20)14-7-10-22-24(14)13-5-3-12(4-6-13)23-15(25)16(11-21)8-1-2-9-16/h3-7,10H,1-2,8-9H2,(H,23,25). The van der Waals surface area contributed by atoms with Gasteiger partial charge in [0, 0.05) is 5.69 Å². The monoisotopic (exact) mass is 348 g/mol. The van der Waals surface area contributed by atoms with Gasteiger partial charge in [-0.3, -0.25) is 4.79 Å². The Morgan fingerprint density at radius 1 is 1.20 bits per heavy atom. The van der Waals surface area contributed by atoms with Crippen LogP contribution in [0.25, 0.3) is 5.69 Å². The van der Waals surface area contributed by atoms with Crippen molar-refractivity contribution in [3.8, 4) is 11.8 Å². The van der Waals surface area contributed by atoms with E-state index in [0.717, 1.165) is 29.8 Å². The van der Waals surface area contributed by atoms with Crippen LogP contribution in [0.1, 0.15) is 31.4 Å². The van der Waals surface area contributed by atoms with Crippen LogP contribution >= 0.6 is 0 Å². The predicted octanol–water partition coefficient (Wildman–Crippen LogP) is 3.91. The maximum absolute atomic E-state index is 12.9. The van der Waals surface area contributed by atoms with Crippen molar-refractivity contribution in [3.05, 3.63) is 42.2 Å². The number of hydrogen-bond acceptors (Lipinski definition) is 3. The topological polar surface area (TPSA) is 70.7 Å². The lowest BCUT2D eigenvalue weighted by molar-refractivity contribution is -0.142. The molecule has 5 nitrogen and oxygen atoms in total. The number of nitriles is 1. The lowest BCUT2D eigenvalue weighted by Crippen LogP contribution is -2.32. The molecule has 130 valence electrons. The van der Waals surface area contributed by atoms with Crippen molar-refractivity contribution in [1.29, 1.82) is 5.26 Å². The second-order valence-electron chi connectivity index (χ2n) is 6.03. The molecule has 1 aromatic carbocycles. The fourth-order valence-electron chi connectivity index (χ4n) is 3.03. The van der Waals surface area contributed by atoms with Gasteiger partial charge in [-0.2, -0.15) is 23.5 Å². The number of rotatable bonds is 3. The van der Waals surface area contributed by atoms with Crippen molar-refractivity contribution in [1.82, 2.24) is 9.78 Å². The molecule has 0 radical (unpaired) electrons. The molecule has 0 saturated heterocycles. The summed E-state index contributed by atoms with van der Waals surface area (Å²) in [5.74, 6) is -0.365. The Balaban J connectivity index is 1.79. The number of halogens is 3. The average Bonchev–Trinajstić information content (AvgIpc) is 3.25. The number of hydrogen-bond donors (Lipinski definition) is 1. The third-order valence-corrected chi connectivity index (χ3v) is 4.41. The molecule has 1 saturated carbocycles. The van der Waals surface area contributed by atoms with Gasteiger partial charge in [0.15, 0.2) is 0 Å². The first-order chi connectivity index (χ1) is 11.9. The van der Waals surface area contributed by atoms with Gasteiger partial charge in [-0.05, 0) is 43.2 Å². The van der Waals surface area contributed by atoms with E-state index in [9.17, 15) is 23.2 Å². The van der Waals surface area contributed by atoms with E-state index in [2.05, 4.69) is 16.5 Å². The molecule has 1 N–H and O–H groups in total. The number of nitrogens with zero attached hydrogens (tertiary/aromatic N) is 3. The summed E-state index contributed by atoms with van der Waals surface area (Å²) in [6.45, 7) is 0. The van der Waals surface area contributed by atoms with Crippen LogP contribution in [0, 0.1) is 16.7 Å². The fraction of sp³-hybridized carbons (Fsp3) is 0.353.